The van der Waals surface area contributed by atoms with Crippen LogP contribution in [0.3, 0.4) is 0 Å². The van der Waals surface area contributed by atoms with Crippen molar-refractivity contribution in [2.75, 3.05) is 6.61 Å². The van der Waals surface area contributed by atoms with E-state index in [4.69, 9.17) is 10.00 Å². The number of benzene rings is 1. The van der Waals surface area contributed by atoms with E-state index in [-0.39, 0.29) is 0 Å². The summed E-state index contributed by atoms with van der Waals surface area (Å²) in [6.07, 6.45) is 2.09. The van der Waals surface area contributed by atoms with Crippen LogP contribution in [0.4, 0.5) is 0 Å². The van der Waals surface area contributed by atoms with Gasteiger partial charge >= 0.3 is 0 Å². The molecule has 1 aliphatic heterocycles. The molecule has 0 atom stereocenters. The highest BCUT2D eigenvalue weighted by atomic mass is 16.5. The maximum absolute atomic E-state index is 8.65. The minimum Gasteiger partial charge on any atom is -0.493 e. The van der Waals surface area contributed by atoms with E-state index in [9.17, 15) is 0 Å². The molecule has 0 saturated heterocycles. The van der Waals surface area contributed by atoms with E-state index >= 15 is 0 Å². The Morgan fingerprint density at radius 2 is 2.33 bits per heavy atom. The third kappa shape index (κ3) is 1.14. The Labute approximate surface area is 71.4 Å². The van der Waals surface area contributed by atoms with Gasteiger partial charge in [-0.2, -0.15) is 5.26 Å². The van der Waals surface area contributed by atoms with Gasteiger partial charge in [-0.25, -0.2) is 0 Å². The van der Waals surface area contributed by atoms with Crippen molar-refractivity contribution in [3.8, 4) is 11.8 Å². The van der Waals surface area contributed by atoms with Crippen LogP contribution in [-0.4, -0.2) is 6.61 Å². The van der Waals surface area contributed by atoms with E-state index in [1.54, 1.807) is 6.07 Å². The summed E-state index contributed by atoms with van der Waals surface area (Å²) in [7, 11) is 0. The van der Waals surface area contributed by atoms with Gasteiger partial charge in [0.15, 0.2) is 0 Å². The molecule has 1 aromatic rings. The first-order chi connectivity index (χ1) is 5.90. The smallest absolute Gasteiger partial charge is 0.122 e. The van der Waals surface area contributed by atoms with Crippen molar-refractivity contribution < 1.29 is 4.74 Å². The van der Waals surface area contributed by atoms with Crippen LogP contribution in [0.25, 0.3) is 0 Å². The van der Waals surface area contributed by atoms with E-state index in [0.717, 1.165) is 30.8 Å². The summed E-state index contributed by atoms with van der Waals surface area (Å²) in [6, 6.07) is 7.71. The Bertz CT molecular complexity index is 338. The van der Waals surface area contributed by atoms with Crippen LogP contribution < -0.4 is 4.74 Å². The van der Waals surface area contributed by atoms with Crippen LogP contribution in [0.5, 0.6) is 5.75 Å². The third-order valence-electron chi connectivity index (χ3n) is 2.04. The van der Waals surface area contributed by atoms with E-state index in [1.807, 2.05) is 12.1 Å². The normalized spacial score (nSPS) is 14.2. The van der Waals surface area contributed by atoms with Crippen molar-refractivity contribution in [1.82, 2.24) is 0 Å². The summed E-state index contributed by atoms with van der Waals surface area (Å²) in [5.74, 6) is 0.945. The highest BCUT2D eigenvalue weighted by Gasteiger charge is 2.09. The third-order valence-corrected chi connectivity index (χ3v) is 2.04. The highest BCUT2D eigenvalue weighted by Crippen LogP contribution is 2.24. The lowest BCUT2D eigenvalue weighted by molar-refractivity contribution is 0.288. The first-order valence-corrected chi connectivity index (χ1v) is 4.06. The Morgan fingerprint density at radius 3 is 3.17 bits per heavy atom. The molecule has 0 bridgehead atoms. The maximum atomic E-state index is 8.65. The van der Waals surface area contributed by atoms with Gasteiger partial charge < -0.3 is 4.74 Å². The number of hydrogen-bond donors (Lipinski definition) is 0. The van der Waals surface area contributed by atoms with Gasteiger partial charge in [-0.3, -0.25) is 0 Å². The Balaban J connectivity index is 2.44. The average molecular weight is 159 g/mol. The van der Waals surface area contributed by atoms with Gasteiger partial charge in [-0.1, -0.05) is 0 Å². The predicted molar refractivity (Wildman–Crippen MR) is 45.0 cm³/mol. The molecule has 60 valence electrons. The number of aryl methyl sites for hydroxylation is 1. The molecule has 1 heterocycles. The minimum atomic E-state index is 0.722. The molecular formula is C10H9NO. The Hall–Kier alpha value is -1.49. The molecule has 2 rings (SSSR count). The lowest BCUT2D eigenvalue weighted by Crippen LogP contribution is -2.08. The van der Waals surface area contributed by atoms with Crippen LogP contribution in [0.15, 0.2) is 18.2 Å². The SMILES string of the molecule is N#Cc1ccc2c(c1)CCCO2. The van der Waals surface area contributed by atoms with Crippen LogP contribution in [0, 0.1) is 11.3 Å². The summed E-state index contributed by atoms with van der Waals surface area (Å²) in [4.78, 5) is 0. The summed E-state index contributed by atoms with van der Waals surface area (Å²) >= 11 is 0. The molecule has 2 heteroatoms. The molecule has 1 aliphatic rings. The Kier molecular flexibility index (Phi) is 1.71. The van der Waals surface area contributed by atoms with Gasteiger partial charge in [0.1, 0.15) is 5.75 Å². The first-order valence-electron chi connectivity index (χ1n) is 4.06. The van der Waals surface area contributed by atoms with Gasteiger partial charge in [0, 0.05) is 0 Å². The summed E-state index contributed by atoms with van der Waals surface area (Å²) in [6.45, 7) is 0.804. The van der Waals surface area contributed by atoms with Gasteiger partial charge in [0.05, 0.1) is 18.2 Å². The van der Waals surface area contributed by atoms with Crippen molar-refractivity contribution in [2.45, 2.75) is 12.8 Å². The van der Waals surface area contributed by atoms with Crippen LogP contribution >= 0.6 is 0 Å². The molecule has 0 fully saturated rings. The van der Waals surface area contributed by atoms with E-state index in [1.165, 1.54) is 5.56 Å². The van der Waals surface area contributed by atoms with Crippen LogP contribution in [-0.2, 0) is 6.42 Å². The van der Waals surface area contributed by atoms with Crippen molar-refractivity contribution in [1.29, 1.82) is 5.26 Å². The van der Waals surface area contributed by atoms with Crippen molar-refractivity contribution in [3.05, 3.63) is 29.3 Å². The van der Waals surface area contributed by atoms with Crippen molar-refractivity contribution in [2.24, 2.45) is 0 Å². The minimum absolute atomic E-state index is 0.722. The molecule has 1 aromatic carbocycles. The van der Waals surface area contributed by atoms with Gasteiger partial charge in [-0.05, 0) is 36.6 Å². The summed E-state index contributed by atoms with van der Waals surface area (Å²) in [5.41, 5.74) is 1.89. The number of nitriles is 1. The number of nitrogens with zero attached hydrogens (tertiary/aromatic N) is 1. The maximum Gasteiger partial charge on any atom is 0.122 e. The fourth-order valence-corrected chi connectivity index (χ4v) is 1.43. The number of fused-ring (bicyclic) bond motifs is 1. The van der Waals surface area contributed by atoms with Gasteiger partial charge in [-0.15, -0.1) is 0 Å². The summed E-state index contributed by atoms with van der Waals surface area (Å²) in [5, 5.41) is 8.65. The second-order valence-corrected chi connectivity index (χ2v) is 2.89. The van der Waals surface area contributed by atoms with Crippen LogP contribution in [0.2, 0.25) is 0 Å². The molecule has 0 N–H and O–H groups in total. The zero-order valence-corrected chi connectivity index (χ0v) is 6.71. The quantitative estimate of drug-likeness (QED) is 0.579. The average Bonchev–Trinajstić information content (AvgIpc) is 2.17. The highest BCUT2D eigenvalue weighted by molar-refractivity contribution is 5.42. The monoisotopic (exact) mass is 159 g/mol. The lowest BCUT2D eigenvalue weighted by Gasteiger charge is -2.16. The summed E-state index contributed by atoms with van der Waals surface area (Å²) < 4.78 is 5.41. The molecule has 0 amide bonds. The van der Waals surface area contributed by atoms with E-state index < -0.39 is 0 Å². The Morgan fingerprint density at radius 1 is 1.42 bits per heavy atom. The zero-order chi connectivity index (χ0) is 8.39. The molecule has 12 heavy (non-hydrogen) atoms. The number of ether oxygens (including phenoxy) is 1. The molecule has 0 unspecified atom stereocenters. The molecule has 0 spiro atoms. The molecule has 2 nitrogen and oxygen atoms in total. The standard InChI is InChI=1S/C10H9NO/c11-7-8-3-4-10-9(6-8)2-1-5-12-10/h3-4,6H,1-2,5H2. The first kappa shape index (κ1) is 7.17. The van der Waals surface area contributed by atoms with Crippen molar-refractivity contribution >= 4 is 0 Å². The largest absolute Gasteiger partial charge is 0.493 e. The molecule has 0 radical (unpaired) electrons. The second kappa shape index (κ2) is 2.86. The molecule has 0 saturated carbocycles. The lowest BCUT2D eigenvalue weighted by atomic mass is 10.0. The number of rotatable bonds is 0. The molecular weight excluding hydrogens is 150 g/mol. The fourth-order valence-electron chi connectivity index (χ4n) is 1.43. The van der Waals surface area contributed by atoms with Gasteiger partial charge in [0.25, 0.3) is 0 Å². The zero-order valence-electron chi connectivity index (χ0n) is 6.71. The van der Waals surface area contributed by atoms with E-state index in [2.05, 4.69) is 6.07 Å². The predicted octanol–water partition coefficient (Wildman–Crippen LogP) is 1.88. The fraction of sp³-hybridized carbons (Fsp3) is 0.300. The second-order valence-electron chi connectivity index (χ2n) is 2.89. The molecule has 0 aromatic heterocycles. The number of hydrogen-bond acceptors (Lipinski definition) is 2. The van der Waals surface area contributed by atoms with Gasteiger partial charge in [0.2, 0.25) is 0 Å². The van der Waals surface area contributed by atoms with E-state index in [0.29, 0.717) is 0 Å². The molecule has 0 aliphatic carbocycles. The van der Waals surface area contributed by atoms with Crippen LogP contribution in [0.1, 0.15) is 17.5 Å². The van der Waals surface area contributed by atoms with Crippen molar-refractivity contribution in [3.63, 3.8) is 0 Å². The topological polar surface area (TPSA) is 33.0 Å².